The first kappa shape index (κ1) is 9.85. The quantitative estimate of drug-likeness (QED) is 0.746. The molecule has 3 heteroatoms. The highest BCUT2D eigenvalue weighted by Crippen LogP contribution is 2.28. The van der Waals surface area contributed by atoms with Crippen molar-refractivity contribution in [2.24, 2.45) is 0 Å². The largest absolute Gasteiger partial charge is 0.392 e. The Morgan fingerprint density at radius 1 is 1.17 bits per heavy atom. The van der Waals surface area contributed by atoms with Crippen LogP contribution in [0.1, 0.15) is 16.7 Å². The third-order valence-corrected chi connectivity index (χ3v) is 2.82. The molecule has 0 saturated carbocycles. The minimum Gasteiger partial charge on any atom is -0.392 e. The minimum atomic E-state index is -0.0159. The van der Waals surface area contributed by atoms with Crippen LogP contribution in [0.15, 0.2) is 6.07 Å². The van der Waals surface area contributed by atoms with Crippen molar-refractivity contribution < 1.29 is 5.11 Å². The Hall–Kier alpha value is -0.240. The van der Waals surface area contributed by atoms with E-state index in [1.54, 1.807) is 6.07 Å². The SMILES string of the molecule is Cc1c(Cl)cc(Cl)c(C)c1CO. The van der Waals surface area contributed by atoms with Gasteiger partial charge in [-0.1, -0.05) is 23.2 Å². The van der Waals surface area contributed by atoms with Gasteiger partial charge in [0.15, 0.2) is 0 Å². The van der Waals surface area contributed by atoms with Crippen molar-refractivity contribution >= 4 is 23.2 Å². The molecule has 0 radical (unpaired) electrons. The molecule has 0 unspecified atom stereocenters. The number of benzene rings is 1. The fraction of sp³-hybridized carbons (Fsp3) is 0.333. The van der Waals surface area contributed by atoms with E-state index in [1.807, 2.05) is 13.8 Å². The second kappa shape index (κ2) is 3.65. The highest BCUT2D eigenvalue weighted by Gasteiger charge is 2.08. The molecule has 12 heavy (non-hydrogen) atoms. The van der Waals surface area contributed by atoms with Crippen LogP contribution in [0.2, 0.25) is 10.0 Å². The normalized spacial score (nSPS) is 10.4. The third-order valence-electron chi connectivity index (χ3n) is 2.03. The lowest BCUT2D eigenvalue weighted by atomic mass is 10.0. The topological polar surface area (TPSA) is 20.2 Å². The maximum absolute atomic E-state index is 9.03. The second-order valence-electron chi connectivity index (χ2n) is 2.73. The number of hydrogen-bond acceptors (Lipinski definition) is 1. The fourth-order valence-electron chi connectivity index (χ4n) is 1.13. The molecular weight excluding hydrogens is 195 g/mol. The number of hydrogen-bond donors (Lipinski definition) is 1. The molecule has 0 amide bonds. The molecule has 1 aromatic carbocycles. The van der Waals surface area contributed by atoms with Gasteiger partial charge in [0, 0.05) is 10.0 Å². The van der Waals surface area contributed by atoms with Crippen molar-refractivity contribution in [1.29, 1.82) is 0 Å². The van der Waals surface area contributed by atoms with Gasteiger partial charge in [-0.15, -0.1) is 0 Å². The molecule has 1 rings (SSSR count). The molecule has 1 N–H and O–H groups in total. The summed E-state index contributed by atoms with van der Waals surface area (Å²) in [5.74, 6) is 0. The maximum atomic E-state index is 9.03. The standard InChI is InChI=1S/C9H10Cl2O/c1-5-7(4-12)6(2)9(11)3-8(5)10/h3,12H,4H2,1-2H3. The molecule has 0 aliphatic heterocycles. The fourth-order valence-corrected chi connectivity index (χ4v) is 1.64. The minimum absolute atomic E-state index is 0.0159. The first-order valence-electron chi connectivity index (χ1n) is 3.63. The third kappa shape index (κ3) is 1.58. The molecule has 1 aromatic rings. The summed E-state index contributed by atoms with van der Waals surface area (Å²) in [4.78, 5) is 0. The summed E-state index contributed by atoms with van der Waals surface area (Å²) in [6.45, 7) is 3.73. The zero-order chi connectivity index (χ0) is 9.30. The van der Waals surface area contributed by atoms with Gasteiger partial charge < -0.3 is 5.11 Å². The van der Waals surface area contributed by atoms with E-state index in [-0.39, 0.29) is 6.61 Å². The molecule has 66 valence electrons. The second-order valence-corrected chi connectivity index (χ2v) is 3.54. The lowest BCUT2D eigenvalue weighted by molar-refractivity contribution is 0.280. The molecule has 1 nitrogen and oxygen atoms in total. The average Bonchev–Trinajstić information content (AvgIpc) is 2.02. The summed E-state index contributed by atoms with van der Waals surface area (Å²) < 4.78 is 0. The van der Waals surface area contributed by atoms with E-state index in [0.717, 1.165) is 16.7 Å². The van der Waals surface area contributed by atoms with E-state index in [2.05, 4.69) is 0 Å². The van der Waals surface area contributed by atoms with Gasteiger partial charge in [0.1, 0.15) is 0 Å². The number of aliphatic hydroxyl groups is 1. The van der Waals surface area contributed by atoms with Gasteiger partial charge in [-0.25, -0.2) is 0 Å². The molecular formula is C9H10Cl2O. The van der Waals surface area contributed by atoms with Gasteiger partial charge in [0.25, 0.3) is 0 Å². The van der Waals surface area contributed by atoms with Gasteiger partial charge in [-0.2, -0.15) is 0 Å². The van der Waals surface area contributed by atoms with Gasteiger partial charge in [-0.05, 0) is 36.6 Å². The summed E-state index contributed by atoms with van der Waals surface area (Å²) in [5.41, 5.74) is 2.63. The monoisotopic (exact) mass is 204 g/mol. The Kier molecular flexibility index (Phi) is 2.99. The maximum Gasteiger partial charge on any atom is 0.0688 e. The predicted octanol–water partition coefficient (Wildman–Crippen LogP) is 3.10. The van der Waals surface area contributed by atoms with Gasteiger partial charge >= 0.3 is 0 Å². The number of aliphatic hydroxyl groups excluding tert-OH is 1. The zero-order valence-corrected chi connectivity index (χ0v) is 8.50. The van der Waals surface area contributed by atoms with Crippen molar-refractivity contribution in [3.8, 4) is 0 Å². The van der Waals surface area contributed by atoms with E-state index < -0.39 is 0 Å². The van der Waals surface area contributed by atoms with Crippen LogP contribution in [0.25, 0.3) is 0 Å². The Bertz CT molecular complexity index is 282. The molecule has 0 bridgehead atoms. The highest BCUT2D eigenvalue weighted by atomic mass is 35.5. The Morgan fingerprint density at radius 2 is 1.58 bits per heavy atom. The summed E-state index contributed by atoms with van der Waals surface area (Å²) in [5, 5.41) is 10.2. The van der Waals surface area contributed by atoms with Crippen molar-refractivity contribution in [2.45, 2.75) is 20.5 Å². The van der Waals surface area contributed by atoms with Crippen molar-refractivity contribution in [2.75, 3.05) is 0 Å². The van der Waals surface area contributed by atoms with Crippen LogP contribution in [0, 0.1) is 13.8 Å². The molecule has 0 aromatic heterocycles. The van der Waals surface area contributed by atoms with E-state index in [1.165, 1.54) is 0 Å². The summed E-state index contributed by atoms with van der Waals surface area (Å²) in [6.07, 6.45) is 0. The molecule has 0 fully saturated rings. The highest BCUT2D eigenvalue weighted by molar-refractivity contribution is 6.35. The molecule has 0 spiro atoms. The summed E-state index contributed by atoms with van der Waals surface area (Å²) in [7, 11) is 0. The molecule has 0 heterocycles. The zero-order valence-electron chi connectivity index (χ0n) is 6.99. The first-order chi connectivity index (χ1) is 5.57. The van der Waals surface area contributed by atoms with Crippen LogP contribution >= 0.6 is 23.2 Å². The van der Waals surface area contributed by atoms with Crippen molar-refractivity contribution in [1.82, 2.24) is 0 Å². The summed E-state index contributed by atoms with van der Waals surface area (Å²) in [6, 6.07) is 1.70. The van der Waals surface area contributed by atoms with Gasteiger partial charge in [-0.3, -0.25) is 0 Å². The van der Waals surface area contributed by atoms with Crippen LogP contribution in [0.3, 0.4) is 0 Å². The van der Waals surface area contributed by atoms with E-state index >= 15 is 0 Å². The molecule has 0 atom stereocenters. The van der Waals surface area contributed by atoms with Gasteiger partial charge in [0.2, 0.25) is 0 Å². The van der Waals surface area contributed by atoms with Crippen LogP contribution in [-0.4, -0.2) is 5.11 Å². The van der Waals surface area contributed by atoms with E-state index in [0.29, 0.717) is 10.0 Å². The molecule has 0 aliphatic carbocycles. The lowest BCUT2D eigenvalue weighted by Crippen LogP contribution is -1.94. The average molecular weight is 205 g/mol. The number of rotatable bonds is 1. The number of halogens is 2. The first-order valence-corrected chi connectivity index (χ1v) is 4.38. The van der Waals surface area contributed by atoms with Crippen molar-refractivity contribution in [3.63, 3.8) is 0 Å². The van der Waals surface area contributed by atoms with Crippen LogP contribution in [0.5, 0.6) is 0 Å². The van der Waals surface area contributed by atoms with Crippen molar-refractivity contribution in [3.05, 3.63) is 32.8 Å². The lowest BCUT2D eigenvalue weighted by Gasteiger charge is -2.10. The predicted molar refractivity (Wildman–Crippen MR) is 51.9 cm³/mol. The molecule has 0 aliphatic rings. The Balaban J connectivity index is 3.42. The Morgan fingerprint density at radius 3 is 1.92 bits per heavy atom. The molecule has 0 saturated heterocycles. The van der Waals surface area contributed by atoms with E-state index in [4.69, 9.17) is 28.3 Å². The summed E-state index contributed by atoms with van der Waals surface area (Å²) >= 11 is 11.7. The smallest absolute Gasteiger partial charge is 0.0688 e. The Labute approximate surface area is 81.9 Å². The van der Waals surface area contributed by atoms with Crippen LogP contribution in [0.4, 0.5) is 0 Å². The van der Waals surface area contributed by atoms with Gasteiger partial charge in [0.05, 0.1) is 6.61 Å². The van der Waals surface area contributed by atoms with Crippen LogP contribution < -0.4 is 0 Å². The van der Waals surface area contributed by atoms with Crippen LogP contribution in [-0.2, 0) is 6.61 Å². The van der Waals surface area contributed by atoms with E-state index in [9.17, 15) is 0 Å².